The Morgan fingerprint density at radius 3 is 2.72 bits per heavy atom. The highest BCUT2D eigenvalue weighted by Gasteiger charge is 2.25. The van der Waals surface area contributed by atoms with Crippen molar-refractivity contribution in [2.45, 2.75) is 37.4 Å². The fourth-order valence-corrected chi connectivity index (χ4v) is 4.65. The van der Waals surface area contributed by atoms with E-state index in [4.69, 9.17) is 4.74 Å². The van der Waals surface area contributed by atoms with Gasteiger partial charge in [-0.1, -0.05) is 49.0 Å². The molecule has 6 nitrogen and oxygen atoms in total. The van der Waals surface area contributed by atoms with Gasteiger partial charge in [-0.3, -0.25) is 9.36 Å². The van der Waals surface area contributed by atoms with E-state index in [0.29, 0.717) is 23.1 Å². The Labute approximate surface area is 191 Å². The molecule has 1 amide bonds. The van der Waals surface area contributed by atoms with Crippen molar-refractivity contribution in [3.63, 3.8) is 0 Å². The second-order valence-electron chi connectivity index (χ2n) is 7.72. The molecule has 1 aliphatic rings. The summed E-state index contributed by atoms with van der Waals surface area (Å²) in [5.74, 6) is 0.337. The Balaban J connectivity index is 1.53. The quantitative estimate of drug-likeness (QED) is 0.466. The fourth-order valence-electron chi connectivity index (χ4n) is 3.79. The molecule has 168 valence electrons. The molecule has 2 aromatic carbocycles. The van der Waals surface area contributed by atoms with Crippen LogP contribution in [0.1, 0.15) is 26.2 Å². The minimum Gasteiger partial charge on any atom is -0.376 e. The zero-order chi connectivity index (χ0) is 22.3. The van der Waals surface area contributed by atoms with Crippen LogP contribution in [0.2, 0.25) is 0 Å². The van der Waals surface area contributed by atoms with Gasteiger partial charge in [0.05, 0.1) is 17.4 Å². The van der Waals surface area contributed by atoms with Crippen molar-refractivity contribution < 1.29 is 13.9 Å². The van der Waals surface area contributed by atoms with E-state index in [-0.39, 0.29) is 23.6 Å². The van der Waals surface area contributed by atoms with Gasteiger partial charge in [0.15, 0.2) is 11.0 Å². The Bertz CT molecular complexity index is 1040. The van der Waals surface area contributed by atoms with Gasteiger partial charge in [-0.05, 0) is 43.5 Å². The number of carbonyl (C=O) groups excluding carboxylic acids is 1. The number of hydrogen-bond donors (Lipinski definition) is 0. The van der Waals surface area contributed by atoms with Gasteiger partial charge in [0.2, 0.25) is 5.91 Å². The summed E-state index contributed by atoms with van der Waals surface area (Å²) in [6.07, 6.45) is 3.02. The van der Waals surface area contributed by atoms with Gasteiger partial charge in [0.25, 0.3) is 0 Å². The first kappa shape index (κ1) is 22.5. The molecule has 1 fully saturated rings. The first-order valence-electron chi connectivity index (χ1n) is 10.9. The predicted octanol–water partition coefficient (Wildman–Crippen LogP) is 4.58. The summed E-state index contributed by atoms with van der Waals surface area (Å²) in [7, 11) is 0. The lowest BCUT2D eigenvalue weighted by Gasteiger charge is -2.32. The molecular formula is C24H27FN4O2S. The van der Waals surface area contributed by atoms with Gasteiger partial charge < -0.3 is 9.64 Å². The van der Waals surface area contributed by atoms with Crippen molar-refractivity contribution in [3.8, 4) is 17.1 Å². The molecule has 8 heteroatoms. The van der Waals surface area contributed by atoms with E-state index in [1.165, 1.54) is 17.8 Å². The zero-order valence-electron chi connectivity index (χ0n) is 18.1. The van der Waals surface area contributed by atoms with Gasteiger partial charge in [0, 0.05) is 25.4 Å². The average molecular weight is 455 g/mol. The van der Waals surface area contributed by atoms with Crippen LogP contribution in [0.4, 0.5) is 4.39 Å². The lowest BCUT2D eigenvalue weighted by atomic mass is 10.1. The molecule has 0 spiro atoms. The minimum absolute atomic E-state index is 0.0508. The monoisotopic (exact) mass is 454 g/mol. The van der Waals surface area contributed by atoms with E-state index < -0.39 is 0 Å². The van der Waals surface area contributed by atoms with Gasteiger partial charge in [0.1, 0.15) is 5.82 Å². The number of thioether (sulfide) groups is 1. The summed E-state index contributed by atoms with van der Waals surface area (Å²) in [6, 6.07) is 16.1. The van der Waals surface area contributed by atoms with E-state index in [1.807, 2.05) is 35.2 Å². The number of aromatic nitrogens is 3. The van der Waals surface area contributed by atoms with Crippen molar-refractivity contribution >= 4 is 17.7 Å². The van der Waals surface area contributed by atoms with Crippen LogP contribution in [0, 0.1) is 5.82 Å². The standard InChI is InChI=1S/C24H27FN4O2S/c1-2-15-31-19-11-8-14-28(16-19)22(30)17-32-24-27-26-23(20-12-6-7-13-21(20)25)29(24)18-9-4-3-5-10-18/h3-7,9-10,12-13,19H,2,8,11,14-17H2,1H3. The highest BCUT2D eigenvalue weighted by molar-refractivity contribution is 7.99. The van der Waals surface area contributed by atoms with Crippen LogP contribution in [0.25, 0.3) is 17.1 Å². The molecule has 0 N–H and O–H groups in total. The normalized spacial score (nSPS) is 16.3. The molecule has 1 unspecified atom stereocenters. The van der Waals surface area contributed by atoms with Crippen LogP contribution in [-0.2, 0) is 9.53 Å². The van der Waals surface area contributed by atoms with E-state index in [1.54, 1.807) is 22.8 Å². The van der Waals surface area contributed by atoms with Gasteiger partial charge in [-0.25, -0.2) is 4.39 Å². The summed E-state index contributed by atoms with van der Waals surface area (Å²) in [4.78, 5) is 14.8. The molecule has 1 aromatic heterocycles. The third-order valence-corrected chi connectivity index (χ3v) is 6.29. The van der Waals surface area contributed by atoms with E-state index >= 15 is 0 Å². The van der Waals surface area contributed by atoms with Crippen molar-refractivity contribution in [2.24, 2.45) is 0 Å². The number of nitrogens with zero attached hydrogens (tertiary/aromatic N) is 4. The molecule has 32 heavy (non-hydrogen) atoms. The first-order chi connectivity index (χ1) is 15.7. The maximum absolute atomic E-state index is 14.5. The van der Waals surface area contributed by atoms with E-state index in [0.717, 1.165) is 38.1 Å². The van der Waals surface area contributed by atoms with Gasteiger partial charge in [-0.15, -0.1) is 10.2 Å². The Hall–Kier alpha value is -2.71. The summed E-state index contributed by atoms with van der Waals surface area (Å²) < 4.78 is 22.2. The number of carbonyl (C=O) groups is 1. The van der Waals surface area contributed by atoms with Crippen molar-refractivity contribution in [2.75, 3.05) is 25.4 Å². The van der Waals surface area contributed by atoms with Crippen LogP contribution in [-0.4, -0.2) is 57.1 Å². The summed E-state index contributed by atoms with van der Waals surface area (Å²) >= 11 is 1.32. The number of likely N-dealkylation sites (tertiary alicyclic amines) is 1. The highest BCUT2D eigenvalue weighted by atomic mass is 32.2. The van der Waals surface area contributed by atoms with Crippen molar-refractivity contribution in [1.29, 1.82) is 0 Å². The minimum atomic E-state index is -0.365. The maximum Gasteiger partial charge on any atom is 0.233 e. The Kier molecular flexibility index (Phi) is 7.55. The first-order valence-corrected chi connectivity index (χ1v) is 11.9. The molecule has 1 saturated heterocycles. The lowest BCUT2D eigenvalue weighted by molar-refractivity contribution is -0.132. The molecule has 2 heterocycles. The number of ether oxygens (including phenoxy) is 1. The highest BCUT2D eigenvalue weighted by Crippen LogP contribution is 2.29. The second kappa shape index (κ2) is 10.7. The molecule has 0 aliphatic carbocycles. The number of amides is 1. The molecule has 1 atom stereocenters. The van der Waals surface area contributed by atoms with Crippen LogP contribution >= 0.6 is 11.8 Å². The number of halogens is 1. The smallest absolute Gasteiger partial charge is 0.233 e. The lowest BCUT2D eigenvalue weighted by Crippen LogP contribution is -2.44. The van der Waals surface area contributed by atoms with Gasteiger partial charge >= 0.3 is 0 Å². The third kappa shape index (κ3) is 5.19. The molecule has 3 aromatic rings. The third-order valence-electron chi connectivity index (χ3n) is 5.38. The topological polar surface area (TPSA) is 60.2 Å². The number of piperidine rings is 1. The van der Waals surface area contributed by atoms with Crippen LogP contribution in [0.15, 0.2) is 59.8 Å². The summed E-state index contributed by atoms with van der Waals surface area (Å²) in [5.41, 5.74) is 1.19. The summed E-state index contributed by atoms with van der Waals surface area (Å²) in [6.45, 7) is 4.18. The molecule has 0 saturated carbocycles. The maximum atomic E-state index is 14.5. The molecule has 1 aliphatic heterocycles. The van der Waals surface area contributed by atoms with E-state index in [2.05, 4.69) is 17.1 Å². The van der Waals surface area contributed by atoms with Crippen LogP contribution < -0.4 is 0 Å². The Morgan fingerprint density at radius 2 is 1.94 bits per heavy atom. The number of para-hydroxylation sites is 1. The average Bonchev–Trinajstić information content (AvgIpc) is 3.26. The van der Waals surface area contributed by atoms with Crippen LogP contribution in [0.3, 0.4) is 0 Å². The Morgan fingerprint density at radius 1 is 1.16 bits per heavy atom. The molecule has 0 bridgehead atoms. The fraction of sp³-hybridized carbons (Fsp3) is 0.375. The number of rotatable bonds is 8. The van der Waals surface area contributed by atoms with Gasteiger partial charge in [-0.2, -0.15) is 0 Å². The second-order valence-corrected chi connectivity index (χ2v) is 8.66. The number of hydrogen-bond acceptors (Lipinski definition) is 5. The zero-order valence-corrected chi connectivity index (χ0v) is 18.9. The van der Waals surface area contributed by atoms with E-state index in [9.17, 15) is 9.18 Å². The SMILES string of the molecule is CCCOC1CCCN(C(=O)CSc2nnc(-c3ccccc3F)n2-c2ccccc2)C1. The number of benzene rings is 2. The molecular weight excluding hydrogens is 427 g/mol. The molecule has 4 rings (SSSR count). The largest absolute Gasteiger partial charge is 0.376 e. The predicted molar refractivity (Wildman–Crippen MR) is 123 cm³/mol. The van der Waals surface area contributed by atoms with Crippen molar-refractivity contribution in [3.05, 3.63) is 60.4 Å². The molecule has 0 radical (unpaired) electrons. The van der Waals surface area contributed by atoms with Crippen molar-refractivity contribution in [1.82, 2.24) is 19.7 Å². The van der Waals surface area contributed by atoms with Crippen LogP contribution in [0.5, 0.6) is 0 Å². The summed E-state index contributed by atoms with van der Waals surface area (Å²) in [5, 5.41) is 9.12.